The molecule has 0 aliphatic rings. The van der Waals surface area contributed by atoms with Crippen molar-refractivity contribution in [2.75, 3.05) is 6.61 Å². The minimum Gasteiger partial charge on any atom is -0.395 e. The standard InChI is InChI=1S/C11H15FOS/c1-8-3-4-11(12)5-10(8)7-14-9(2)6-13/h3-5,9,13H,6-7H2,1-2H3. The van der Waals surface area contributed by atoms with Crippen LogP contribution in [0.5, 0.6) is 0 Å². The minimum absolute atomic E-state index is 0.166. The van der Waals surface area contributed by atoms with Crippen LogP contribution < -0.4 is 0 Å². The van der Waals surface area contributed by atoms with Crippen LogP contribution in [-0.4, -0.2) is 17.0 Å². The molecule has 1 rings (SSSR count). The quantitative estimate of drug-likeness (QED) is 0.831. The van der Waals surface area contributed by atoms with E-state index in [-0.39, 0.29) is 17.7 Å². The molecule has 78 valence electrons. The predicted molar refractivity (Wildman–Crippen MR) is 59.0 cm³/mol. The molecular formula is C11H15FOS. The first-order valence-corrected chi connectivity index (χ1v) is 5.66. The number of rotatable bonds is 4. The summed E-state index contributed by atoms with van der Waals surface area (Å²) >= 11 is 1.64. The van der Waals surface area contributed by atoms with Crippen molar-refractivity contribution < 1.29 is 9.50 Å². The van der Waals surface area contributed by atoms with E-state index in [1.54, 1.807) is 23.9 Å². The Kier molecular flexibility index (Phi) is 4.42. The van der Waals surface area contributed by atoms with Gasteiger partial charge in [-0.25, -0.2) is 4.39 Å². The average Bonchev–Trinajstić information content (AvgIpc) is 2.19. The first-order valence-electron chi connectivity index (χ1n) is 4.61. The van der Waals surface area contributed by atoms with Gasteiger partial charge in [-0.2, -0.15) is 11.8 Å². The van der Waals surface area contributed by atoms with Gasteiger partial charge in [0.1, 0.15) is 5.82 Å². The van der Waals surface area contributed by atoms with Gasteiger partial charge in [0.25, 0.3) is 0 Å². The molecule has 1 aromatic carbocycles. The van der Waals surface area contributed by atoms with E-state index in [9.17, 15) is 4.39 Å². The summed E-state index contributed by atoms with van der Waals surface area (Å²) in [5, 5.41) is 9.05. The van der Waals surface area contributed by atoms with Crippen molar-refractivity contribution in [1.82, 2.24) is 0 Å². The first kappa shape index (κ1) is 11.5. The summed E-state index contributed by atoms with van der Waals surface area (Å²) in [5.74, 6) is 0.563. The van der Waals surface area contributed by atoms with E-state index >= 15 is 0 Å². The van der Waals surface area contributed by atoms with E-state index in [4.69, 9.17) is 5.11 Å². The molecule has 0 aliphatic heterocycles. The van der Waals surface area contributed by atoms with Crippen molar-refractivity contribution >= 4 is 11.8 Å². The minimum atomic E-state index is -0.192. The summed E-state index contributed by atoms with van der Waals surface area (Å²) in [4.78, 5) is 0. The Labute approximate surface area is 88.3 Å². The zero-order valence-electron chi connectivity index (χ0n) is 8.46. The Balaban J connectivity index is 2.62. The Morgan fingerprint density at radius 1 is 1.50 bits per heavy atom. The molecule has 0 radical (unpaired) electrons. The molecule has 0 amide bonds. The lowest BCUT2D eigenvalue weighted by atomic mass is 10.1. The van der Waals surface area contributed by atoms with Crippen molar-refractivity contribution in [3.8, 4) is 0 Å². The second-order valence-corrected chi connectivity index (χ2v) is 4.80. The summed E-state index contributed by atoms with van der Waals surface area (Å²) in [7, 11) is 0. The zero-order chi connectivity index (χ0) is 10.6. The number of halogens is 1. The number of hydrogen-bond acceptors (Lipinski definition) is 2. The molecule has 14 heavy (non-hydrogen) atoms. The third-order valence-electron chi connectivity index (χ3n) is 2.09. The third-order valence-corrected chi connectivity index (χ3v) is 3.29. The number of aliphatic hydroxyl groups excluding tert-OH is 1. The van der Waals surface area contributed by atoms with E-state index in [0.29, 0.717) is 0 Å². The monoisotopic (exact) mass is 214 g/mol. The largest absolute Gasteiger partial charge is 0.395 e. The fraction of sp³-hybridized carbons (Fsp3) is 0.455. The fourth-order valence-corrected chi connectivity index (χ4v) is 1.96. The van der Waals surface area contributed by atoms with Gasteiger partial charge in [-0.15, -0.1) is 0 Å². The number of aryl methyl sites for hydroxylation is 1. The van der Waals surface area contributed by atoms with Crippen LogP contribution in [0.2, 0.25) is 0 Å². The molecule has 1 nitrogen and oxygen atoms in total. The SMILES string of the molecule is Cc1ccc(F)cc1CSC(C)CO. The van der Waals surface area contributed by atoms with E-state index in [1.165, 1.54) is 6.07 Å². The zero-order valence-corrected chi connectivity index (χ0v) is 9.27. The molecule has 1 N–H and O–H groups in total. The Bertz CT molecular complexity index is 301. The van der Waals surface area contributed by atoms with E-state index < -0.39 is 0 Å². The molecule has 0 heterocycles. The van der Waals surface area contributed by atoms with Crippen LogP contribution in [0.15, 0.2) is 18.2 Å². The van der Waals surface area contributed by atoms with Crippen LogP contribution in [0.25, 0.3) is 0 Å². The van der Waals surface area contributed by atoms with Gasteiger partial charge in [-0.3, -0.25) is 0 Å². The first-order chi connectivity index (χ1) is 6.63. The molecule has 0 spiro atoms. The van der Waals surface area contributed by atoms with Crippen LogP contribution in [0.3, 0.4) is 0 Å². The van der Waals surface area contributed by atoms with E-state index in [0.717, 1.165) is 16.9 Å². The Morgan fingerprint density at radius 2 is 2.21 bits per heavy atom. The molecule has 0 bridgehead atoms. The van der Waals surface area contributed by atoms with Crippen LogP contribution in [-0.2, 0) is 5.75 Å². The maximum Gasteiger partial charge on any atom is 0.123 e. The maximum atomic E-state index is 12.9. The average molecular weight is 214 g/mol. The van der Waals surface area contributed by atoms with E-state index in [2.05, 4.69) is 0 Å². The molecule has 1 atom stereocenters. The van der Waals surface area contributed by atoms with Crippen molar-refractivity contribution in [2.45, 2.75) is 24.9 Å². The Morgan fingerprint density at radius 3 is 2.86 bits per heavy atom. The molecule has 0 aliphatic carbocycles. The van der Waals surface area contributed by atoms with Crippen LogP contribution in [0.1, 0.15) is 18.1 Å². The summed E-state index contributed by atoms with van der Waals surface area (Å²) in [6.45, 7) is 4.09. The van der Waals surface area contributed by atoms with Gasteiger partial charge in [0.2, 0.25) is 0 Å². The normalized spacial score (nSPS) is 12.9. The second-order valence-electron chi connectivity index (χ2n) is 3.38. The topological polar surface area (TPSA) is 20.2 Å². The van der Waals surface area contributed by atoms with Gasteiger partial charge in [-0.1, -0.05) is 13.0 Å². The van der Waals surface area contributed by atoms with Crippen LogP contribution in [0.4, 0.5) is 4.39 Å². The van der Waals surface area contributed by atoms with Gasteiger partial charge < -0.3 is 5.11 Å². The Hall–Kier alpha value is -0.540. The molecule has 0 saturated heterocycles. The molecule has 0 fully saturated rings. The molecular weight excluding hydrogens is 199 g/mol. The van der Waals surface area contributed by atoms with Crippen molar-refractivity contribution in [3.63, 3.8) is 0 Å². The maximum absolute atomic E-state index is 12.9. The summed E-state index contributed by atoms with van der Waals surface area (Å²) in [6, 6.07) is 4.82. The highest BCUT2D eigenvalue weighted by molar-refractivity contribution is 7.99. The lowest BCUT2D eigenvalue weighted by Gasteiger charge is -2.09. The fourth-order valence-electron chi connectivity index (χ4n) is 1.08. The number of thioether (sulfide) groups is 1. The second kappa shape index (κ2) is 5.37. The predicted octanol–water partition coefficient (Wildman–Crippen LogP) is 2.75. The molecule has 1 aromatic rings. The number of benzene rings is 1. The number of hydrogen-bond donors (Lipinski definition) is 1. The summed E-state index contributed by atoms with van der Waals surface area (Å²) in [5.41, 5.74) is 2.11. The molecule has 0 saturated carbocycles. The lowest BCUT2D eigenvalue weighted by Crippen LogP contribution is -2.02. The molecule has 0 aromatic heterocycles. The van der Waals surface area contributed by atoms with Crippen LogP contribution >= 0.6 is 11.8 Å². The summed E-state index contributed by atoms with van der Waals surface area (Å²) in [6.07, 6.45) is 0. The number of aliphatic hydroxyl groups is 1. The van der Waals surface area contributed by atoms with Gasteiger partial charge >= 0.3 is 0 Å². The highest BCUT2D eigenvalue weighted by Crippen LogP contribution is 2.20. The highest BCUT2D eigenvalue weighted by atomic mass is 32.2. The van der Waals surface area contributed by atoms with Crippen molar-refractivity contribution in [3.05, 3.63) is 35.1 Å². The van der Waals surface area contributed by atoms with Gasteiger partial charge in [0, 0.05) is 11.0 Å². The highest BCUT2D eigenvalue weighted by Gasteiger charge is 2.04. The van der Waals surface area contributed by atoms with E-state index in [1.807, 2.05) is 13.8 Å². The van der Waals surface area contributed by atoms with Gasteiger partial charge in [0.05, 0.1) is 6.61 Å². The summed E-state index contributed by atoms with van der Waals surface area (Å²) < 4.78 is 12.9. The van der Waals surface area contributed by atoms with Gasteiger partial charge in [0.15, 0.2) is 0 Å². The van der Waals surface area contributed by atoms with Crippen LogP contribution in [0, 0.1) is 12.7 Å². The van der Waals surface area contributed by atoms with Crippen molar-refractivity contribution in [1.29, 1.82) is 0 Å². The third kappa shape index (κ3) is 3.31. The molecule has 1 unspecified atom stereocenters. The van der Waals surface area contributed by atoms with Gasteiger partial charge in [-0.05, 0) is 30.2 Å². The smallest absolute Gasteiger partial charge is 0.123 e. The van der Waals surface area contributed by atoms with Crippen molar-refractivity contribution in [2.24, 2.45) is 0 Å². The molecule has 3 heteroatoms. The lowest BCUT2D eigenvalue weighted by molar-refractivity contribution is 0.300.